The molecule has 0 aliphatic heterocycles. The van der Waals surface area contributed by atoms with Gasteiger partial charge in [-0.2, -0.15) is 0 Å². The minimum absolute atomic E-state index is 0.0664. The highest BCUT2D eigenvalue weighted by atomic mass is 79.9. The van der Waals surface area contributed by atoms with Crippen molar-refractivity contribution < 1.29 is 14.4 Å². The van der Waals surface area contributed by atoms with E-state index in [0.29, 0.717) is 30.8 Å². The normalized spacial score (nSPS) is 10.5. The van der Waals surface area contributed by atoms with Crippen LogP contribution in [0.4, 0.5) is 5.69 Å². The monoisotopic (exact) mass is 465 g/mol. The molecule has 6 nitrogen and oxygen atoms in total. The summed E-state index contributed by atoms with van der Waals surface area (Å²) in [6, 6.07) is 10.5. The number of nitrogens with one attached hydrogen (secondary N) is 1. The topological polar surface area (TPSA) is 92.5 Å². The van der Waals surface area contributed by atoms with Gasteiger partial charge in [-0.15, -0.1) is 11.3 Å². The molecule has 0 aliphatic rings. The highest BCUT2D eigenvalue weighted by Crippen LogP contribution is 2.23. The van der Waals surface area contributed by atoms with Gasteiger partial charge in [0, 0.05) is 42.1 Å². The van der Waals surface area contributed by atoms with E-state index in [1.807, 2.05) is 13.0 Å². The maximum atomic E-state index is 12.4. The molecule has 0 saturated heterocycles. The average Bonchev–Trinajstić information content (AvgIpc) is 3.07. The molecule has 0 fully saturated rings. The maximum Gasteiger partial charge on any atom is 0.248 e. The van der Waals surface area contributed by atoms with Crippen molar-refractivity contribution in [3.63, 3.8) is 0 Å². The molecule has 28 heavy (non-hydrogen) atoms. The molecule has 3 amide bonds. The number of anilines is 1. The van der Waals surface area contributed by atoms with Crippen molar-refractivity contribution in [3.05, 3.63) is 50.6 Å². The van der Waals surface area contributed by atoms with Gasteiger partial charge in [0.15, 0.2) is 0 Å². The molecular formula is C20H24BrN3O3S. The van der Waals surface area contributed by atoms with Crippen molar-refractivity contribution in [3.8, 4) is 0 Å². The summed E-state index contributed by atoms with van der Waals surface area (Å²) in [5.74, 6) is -0.625. The fraction of sp³-hybridized carbons (Fsp3) is 0.350. The first-order chi connectivity index (χ1) is 13.4. The predicted octanol–water partition coefficient (Wildman–Crippen LogP) is 3.81. The molecule has 1 aromatic carbocycles. The number of benzene rings is 1. The third kappa shape index (κ3) is 7.09. The largest absolute Gasteiger partial charge is 0.366 e. The van der Waals surface area contributed by atoms with Gasteiger partial charge in [0.05, 0.1) is 3.79 Å². The number of rotatable bonds is 10. The fourth-order valence-electron chi connectivity index (χ4n) is 2.70. The van der Waals surface area contributed by atoms with Gasteiger partial charge in [-0.05, 0) is 72.1 Å². The lowest BCUT2D eigenvalue weighted by Gasteiger charge is -2.20. The van der Waals surface area contributed by atoms with Crippen molar-refractivity contribution >= 4 is 50.7 Å². The van der Waals surface area contributed by atoms with E-state index in [9.17, 15) is 14.4 Å². The molecule has 150 valence electrons. The zero-order valence-corrected chi connectivity index (χ0v) is 18.1. The SMILES string of the molecule is CCN(CCC(=O)Nc1ccc(C(N)=O)cc1)C(=O)CCCc1ccc(Br)s1. The predicted molar refractivity (Wildman–Crippen MR) is 115 cm³/mol. The number of nitrogens with zero attached hydrogens (tertiary/aromatic N) is 1. The van der Waals surface area contributed by atoms with Crippen LogP contribution >= 0.6 is 27.3 Å². The standard InChI is InChI=1S/C20H24BrN3O3S/c1-2-24(19(26)5-3-4-16-10-11-17(21)28-16)13-12-18(25)23-15-8-6-14(7-9-15)20(22)27/h6-11H,2-5,12-13H2,1H3,(H2,22,27)(H,23,25). The highest BCUT2D eigenvalue weighted by Gasteiger charge is 2.13. The van der Waals surface area contributed by atoms with Gasteiger partial charge in [0.25, 0.3) is 0 Å². The van der Waals surface area contributed by atoms with Crippen LogP contribution in [-0.2, 0) is 16.0 Å². The molecule has 1 heterocycles. The zero-order valence-electron chi connectivity index (χ0n) is 15.7. The Balaban J connectivity index is 1.74. The van der Waals surface area contributed by atoms with Crippen molar-refractivity contribution in [1.82, 2.24) is 4.90 Å². The molecule has 0 bridgehead atoms. The number of primary amides is 1. The van der Waals surface area contributed by atoms with Crippen LogP contribution in [-0.4, -0.2) is 35.7 Å². The van der Waals surface area contributed by atoms with Gasteiger partial charge >= 0.3 is 0 Å². The Bertz CT molecular complexity index is 820. The van der Waals surface area contributed by atoms with Gasteiger partial charge in [-0.1, -0.05) is 0 Å². The summed E-state index contributed by atoms with van der Waals surface area (Å²) in [7, 11) is 0. The molecule has 0 spiro atoms. The quantitative estimate of drug-likeness (QED) is 0.558. The van der Waals surface area contributed by atoms with Crippen LogP contribution in [0, 0.1) is 0 Å². The van der Waals surface area contributed by atoms with Crippen LogP contribution in [0.15, 0.2) is 40.2 Å². The molecule has 0 atom stereocenters. The Hall–Kier alpha value is -2.19. The second-order valence-corrected chi connectivity index (χ2v) is 8.82. The third-order valence-electron chi connectivity index (χ3n) is 4.24. The number of thiophene rings is 1. The maximum absolute atomic E-state index is 12.4. The first-order valence-corrected chi connectivity index (χ1v) is 10.7. The molecule has 2 aromatic rings. The second kappa shape index (κ2) is 11.0. The average molecular weight is 466 g/mol. The Labute approximate surface area is 177 Å². The van der Waals surface area contributed by atoms with E-state index in [0.717, 1.165) is 16.6 Å². The Morgan fingerprint density at radius 1 is 1.11 bits per heavy atom. The molecule has 3 N–H and O–H groups in total. The third-order valence-corrected chi connectivity index (χ3v) is 5.92. The summed E-state index contributed by atoms with van der Waals surface area (Å²) in [6.45, 7) is 2.86. The zero-order chi connectivity index (χ0) is 20.5. The smallest absolute Gasteiger partial charge is 0.248 e. The summed E-state index contributed by atoms with van der Waals surface area (Å²) in [5.41, 5.74) is 6.17. The van der Waals surface area contributed by atoms with E-state index in [2.05, 4.69) is 27.3 Å². The second-order valence-electron chi connectivity index (χ2n) is 6.27. The summed E-state index contributed by atoms with van der Waals surface area (Å²) >= 11 is 5.12. The summed E-state index contributed by atoms with van der Waals surface area (Å²) in [4.78, 5) is 38.5. The molecule has 0 aliphatic carbocycles. The molecule has 0 radical (unpaired) electrons. The minimum Gasteiger partial charge on any atom is -0.366 e. The Morgan fingerprint density at radius 3 is 2.39 bits per heavy atom. The number of amides is 3. The number of hydrogen-bond acceptors (Lipinski definition) is 4. The van der Waals surface area contributed by atoms with Gasteiger partial charge in [0.1, 0.15) is 0 Å². The van der Waals surface area contributed by atoms with Crippen LogP contribution in [0.2, 0.25) is 0 Å². The minimum atomic E-state index is -0.512. The number of aryl methyl sites for hydroxylation is 1. The highest BCUT2D eigenvalue weighted by molar-refractivity contribution is 9.11. The lowest BCUT2D eigenvalue weighted by Crippen LogP contribution is -2.33. The summed E-state index contributed by atoms with van der Waals surface area (Å²) < 4.78 is 1.10. The molecule has 8 heteroatoms. The Kier molecular flexibility index (Phi) is 8.66. The number of carbonyl (C=O) groups is 3. The van der Waals surface area contributed by atoms with E-state index in [1.165, 1.54) is 4.88 Å². The number of halogens is 1. The van der Waals surface area contributed by atoms with Crippen LogP contribution in [0.3, 0.4) is 0 Å². The number of hydrogen-bond donors (Lipinski definition) is 2. The molecule has 0 unspecified atom stereocenters. The molecule has 2 rings (SSSR count). The van der Waals surface area contributed by atoms with E-state index >= 15 is 0 Å². The van der Waals surface area contributed by atoms with Crippen LogP contribution in [0.5, 0.6) is 0 Å². The van der Waals surface area contributed by atoms with E-state index in [4.69, 9.17) is 5.73 Å². The van der Waals surface area contributed by atoms with Crippen molar-refractivity contribution in [2.45, 2.75) is 32.6 Å². The van der Waals surface area contributed by atoms with Gasteiger partial charge in [-0.25, -0.2) is 0 Å². The van der Waals surface area contributed by atoms with Crippen molar-refractivity contribution in [1.29, 1.82) is 0 Å². The lowest BCUT2D eigenvalue weighted by atomic mass is 10.2. The van der Waals surface area contributed by atoms with E-state index in [-0.39, 0.29) is 18.2 Å². The molecule has 1 aromatic heterocycles. The van der Waals surface area contributed by atoms with Gasteiger partial charge in [0.2, 0.25) is 17.7 Å². The summed E-state index contributed by atoms with van der Waals surface area (Å²) in [5, 5.41) is 2.76. The first kappa shape index (κ1) is 22.1. The van der Waals surface area contributed by atoms with Crippen molar-refractivity contribution in [2.24, 2.45) is 5.73 Å². The van der Waals surface area contributed by atoms with Gasteiger partial charge in [-0.3, -0.25) is 14.4 Å². The fourth-order valence-corrected chi connectivity index (χ4v) is 4.22. The summed E-state index contributed by atoms with van der Waals surface area (Å²) in [6.07, 6.45) is 2.36. The van der Waals surface area contributed by atoms with Gasteiger partial charge < -0.3 is 16.0 Å². The Morgan fingerprint density at radius 2 is 1.82 bits per heavy atom. The van der Waals surface area contributed by atoms with E-state index < -0.39 is 5.91 Å². The van der Waals surface area contributed by atoms with Crippen LogP contribution < -0.4 is 11.1 Å². The molecule has 0 saturated carbocycles. The van der Waals surface area contributed by atoms with E-state index in [1.54, 1.807) is 40.5 Å². The van der Waals surface area contributed by atoms with Crippen LogP contribution in [0.25, 0.3) is 0 Å². The number of nitrogens with two attached hydrogens (primary N) is 1. The number of carbonyl (C=O) groups excluding carboxylic acids is 3. The van der Waals surface area contributed by atoms with Crippen LogP contribution in [0.1, 0.15) is 41.4 Å². The first-order valence-electron chi connectivity index (χ1n) is 9.10. The molecular weight excluding hydrogens is 442 g/mol. The van der Waals surface area contributed by atoms with Crippen molar-refractivity contribution in [2.75, 3.05) is 18.4 Å². The lowest BCUT2D eigenvalue weighted by molar-refractivity contribution is -0.131.